The number of aryl methyl sites for hydroxylation is 1. The van der Waals surface area contributed by atoms with Gasteiger partial charge >= 0.3 is 0 Å². The zero-order chi connectivity index (χ0) is 15.4. The molecule has 2 rings (SSSR count). The summed E-state index contributed by atoms with van der Waals surface area (Å²) in [6.45, 7) is 1.92. The van der Waals surface area contributed by atoms with Crippen LogP contribution in [0.5, 0.6) is 0 Å². The molecular weight excluding hydrogens is 274 g/mol. The molecule has 0 heterocycles. The summed E-state index contributed by atoms with van der Waals surface area (Å²) >= 11 is 0. The molecule has 1 atom stereocenters. The average Bonchev–Trinajstić information content (AvgIpc) is 2.44. The molecular formula is C16H16F2N2O. The van der Waals surface area contributed by atoms with Crippen LogP contribution in [0.2, 0.25) is 0 Å². The van der Waals surface area contributed by atoms with Crippen LogP contribution < -0.4 is 11.1 Å². The Kier molecular flexibility index (Phi) is 4.52. The van der Waals surface area contributed by atoms with Crippen LogP contribution in [-0.2, 0) is 4.79 Å². The summed E-state index contributed by atoms with van der Waals surface area (Å²) < 4.78 is 25.5. The lowest BCUT2D eigenvalue weighted by atomic mass is 10.0. The first kappa shape index (κ1) is 15.0. The van der Waals surface area contributed by atoms with E-state index in [4.69, 9.17) is 5.73 Å². The fourth-order valence-corrected chi connectivity index (χ4v) is 2.09. The molecule has 0 saturated carbocycles. The van der Waals surface area contributed by atoms with E-state index < -0.39 is 18.4 Å². The van der Waals surface area contributed by atoms with Gasteiger partial charge in [-0.15, -0.1) is 0 Å². The topological polar surface area (TPSA) is 55.1 Å². The van der Waals surface area contributed by atoms with Gasteiger partial charge < -0.3 is 11.1 Å². The minimum Gasteiger partial charge on any atom is -0.370 e. The van der Waals surface area contributed by atoms with Crippen LogP contribution in [0.3, 0.4) is 0 Å². The number of nitrogens with two attached hydrogens (primary N) is 1. The Labute approximate surface area is 121 Å². The van der Waals surface area contributed by atoms with Gasteiger partial charge in [-0.1, -0.05) is 30.3 Å². The van der Waals surface area contributed by atoms with E-state index in [0.29, 0.717) is 11.3 Å². The van der Waals surface area contributed by atoms with Crippen molar-refractivity contribution in [1.29, 1.82) is 0 Å². The Balaban J connectivity index is 2.31. The normalized spacial score (nSPS) is 12.2. The molecule has 21 heavy (non-hydrogen) atoms. The van der Waals surface area contributed by atoms with Gasteiger partial charge in [0.1, 0.15) is 6.04 Å². The van der Waals surface area contributed by atoms with Gasteiger partial charge in [0.05, 0.1) is 0 Å². The summed E-state index contributed by atoms with van der Waals surface area (Å²) in [6.07, 6.45) is -2.59. The zero-order valence-electron chi connectivity index (χ0n) is 11.5. The van der Waals surface area contributed by atoms with Crippen LogP contribution in [0.15, 0.2) is 48.5 Å². The summed E-state index contributed by atoms with van der Waals surface area (Å²) in [4.78, 5) is 11.6. The van der Waals surface area contributed by atoms with Crippen molar-refractivity contribution in [3.05, 3.63) is 65.2 Å². The van der Waals surface area contributed by atoms with Crippen molar-refractivity contribution < 1.29 is 13.6 Å². The molecule has 3 N–H and O–H groups in total. The number of carbonyl (C=O) groups is 1. The third kappa shape index (κ3) is 3.78. The van der Waals surface area contributed by atoms with E-state index in [2.05, 4.69) is 5.32 Å². The third-order valence-electron chi connectivity index (χ3n) is 3.11. The molecule has 0 spiro atoms. The van der Waals surface area contributed by atoms with Crippen LogP contribution in [0.4, 0.5) is 14.5 Å². The van der Waals surface area contributed by atoms with Gasteiger partial charge in [0.2, 0.25) is 5.91 Å². The number of anilines is 1. The number of primary amides is 1. The van der Waals surface area contributed by atoms with E-state index in [1.54, 1.807) is 12.1 Å². The molecule has 110 valence electrons. The number of benzene rings is 2. The minimum absolute atomic E-state index is 0.134. The van der Waals surface area contributed by atoms with Gasteiger partial charge in [0.15, 0.2) is 0 Å². The van der Waals surface area contributed by atoms with E-state index in [0.717, 1.165) is 5.56 Å². The Morgan fingerprint density at radius 3 is 2.38 bits per heavy atom. The SMILES string of the molecule is Cc1cccc(NC(C(N)=O)c2cccc(C(F)F)c2)c1. The maximum absolute atomic E-state index is 12.8. The van der Waals surface area contributed by atoms with Crippen molar-refractivity contribution in [3.8, 4) is 0 Å². The van der Waals surface area contributed by atoms with Gasteiger partial charge in [0.25, 0.3) is 6.43 Å². The molecule has 2 aromatic rings. The molecule has 0 aromatic heterocycles. The molecule has 3 nitrogen and oxygen atoms in total. The van der Waals surface area contributed by atoms with Crippen molar-refractivity contribution >= 4 is 11.6 Å². The first-order valence-electron chi connectivity index (χ1n) is 6.48. The van der Waals surface area contributed by atoms with E-state index >= 15 is 0 Å². The maximum atomic E-state index is 12.8. The number of carbonyl (C=O) groups excluding carboxylic acids is 1. The maximum Gasteiger partial charge on any atom is 0.263 e. The Morgan fingerprint density at radius 1 is 1.10 bits per heavy atom. The number of rotatable bonds is 5. The predicted molar refractivity (Wildman–Crippen MR) is 78.1 cm³/mol. The molecule has 0 aliphatic carbocycles. The zero-order valence-corrected chi connectivity index (χ0v) is 11.5. The molecule has 1 amide bonds. The molecule has 0 radical (unpaired) electrons. The van der Waals surface area contributed by atoms with Crippen molar-refractivity contribution in [1.82, 2.24) is 0 Å². The van der Waals surface area contributed by atoms with Crippen molar-refractivity contribution in [2.24, 2.45) is 5.73 Å². The summed E-state index contributed by atoms with van der Waals surface area (Å²) in [5, 5.41) is 2.98. The number of amides is 1. The highest BCUT2D eigenvalue weighted by atomic mass is 19.3. The van der Waals surface area contributed by atoms with Crippen LogP contribution >= 0.6 is 0 Å². The van der Waals surface area contributed by atoms with E-state index in [1.165, 1.54) is 18.2 Å². The van der Waals surface area contributed by atoms with Crippen LogP contribution in [0, 0.1) is 6.92 Å². The highest BCUT2D eigenvalue weighted by molar-refractivity contribution is 5.84. The molecule has 1 unspecified atom stereocenters. The molecule has 0 bridgehead atoms. The highest BCUT2D eigenvalue weighted by Gasteiger charge is 2.19. The smallest absolute Gasteiger partial charge is 0.263 e. The monoisotopic (exact) mass is 290 g/mol. The largest absolute Gasteiger partial charge is 0.370 e. The lowest BCUT2D eigenvalue weighted by molar-refractivity contribution is -0.118. The highest BCUT2D eigenvalue weighted by Crippen LogP contribution is 2.25. The summed E-state index contributed by atoms with van der Waals surface area (Å²) in [6, 6.07) is 12.3. The second kappa shape index (κ2) is 6.35. The summed E-state index contributed by atoms with van der Waals surface area (Å²) in [5.41, 5.74) is 7.40. The first-order chi connectivity index (χ1) is 9.97. The van der Waals surface area contributed by atoms with Gasteiger partial charge in [0, 0.05) is 11.3 Å². The quantitative estimate of drug-likeness (QED) is 0.884. The van der Waals surface area contributed by atoms with Crippen LogP contribution in [0.1, 0.15) is 29.2 Å². The lowest BCUT2D eigenvalue weighted by Crippen LogP contribution is -2.27. The Morgan fingerprint density at radius 2 is 1.76 bits per heavy atom. The predicted octanol–water partition coefficient (Wildman–Crippen LogP) is 3.57. The second-order valence-electron chi connectivity index (χ2n) is 4.82. The number of hydrogen-bond donors (Lipinski definition) is 2. The molecule has 0 saturated heterocycles. The van der Waals surface area contributed by atoms with Crippen molar-refractivity contribution in [3.63, 3.8) is 0 Å². The van der Waals surface area contributed by atoms with Crippen molar-refractivity contribution in [2.45, 2.75) is 19.4 Å². The van der Waals surface area contributed by atoms with Gasteiger partial charge in [-0.3, -0.25) is 4.79 Å². The number of nitrogens with one attached hydrogen (secondary N) is 1. The molecule has 0 aliphatic rings. The van der Waals surface area contributed by atoms with Gasteiger partial charge in [-0.25, -0.2) is 8.78 Å². The molecule has 5 heteroatoms. The standard InChI is InChI=1S/C16H16F2N2O/c1-10-4-2-7-13(8-10)20-14(16(19)21)11-5-3-6-12(9-11)15(17)18/h2-9,14-15,20H,1H3,(H2,19,21). The summed E-state index contributed by atoms with van der Waals surface area (Å²) in [5.74, 6) is -0.622. The first-order valence-corrected chi connectivity index (χ1v) is 6.48. The second-order valence-corrected chi connectivity index (χ2v) is 4.82. The third-order valence-corrected chi connectivity index (χ3v) is 3.11. The Hall–Kier alpha value is -2.43. The number of alkyl halides is 2. The molecule has 2 aromatic carbocycles. The van der Waals surface area contributed by atoms with E-state index in [-0.39, 0.29) is 5.56 Å². The molecule has 0 fully saturated rings. The van der Waals surface area contributed by atoms with Gasteiger partial charge in [-0.2, -0.15) is 0 Å². The van der Waals surface area contributed by atoms with Gasteiger partial charge in [-0.05, 0) is 36.2 Å². The van der Waals surface area contributed by atoms with E-state index in [9.17, 15) is 13.6 Å². The minimum atomic E-state index is -2.59. The summed E-state index contributed by atoms with van der Waals surface area (Å²) in [7, 11) is 0. The van der Waals surface area contributed by atoms with E-state index in [1.807, 2.05) is 25.1 Å². The number of hydrogen-bond acceptors (Lipinski definition) is 2. The number of halogens is 2. The van der Waals surface area contributed by atoms with Crippen molar-refractivity contribution in [2.75, 3.05) is 5.32 Å². The fraction of sp³-hybridized carbons (Fsp3) is 0.188. The average molecular weight is 290 g/mol. The Bertz CT molecular complexity index is 644. The van der Waals surface area contributed by atoms with Crippen LogP contribution in [0.25, 0.3) is 0 Å². The fourth-order valence-electron chi connectivity index (χ4n) is 2.09. The molecule has 0 aliphatic heterocycles. The van der Waals surface area contributed by atoms with Crippen LogP contribution in [-0.4, -0.2) is 5.91 Å². The lowest BCUT2D eigenvalue weighted by Gasteiger charge is -2.18.